The van der Waals surface area contributed by atoms with E-state index in [1.54, 1.807) is 13.0 Å². The van der Waals surface area contributed by atoms with E-state index in [9.17, 15) is 19.7 Å². The van der Waals surface area contributed by atoms with Crippen LogP contribution in [0, 0.1) is 10.1 Å². The average Bonchev–Trinajstić information content (AvgIpc) is 2.63. The number of rotatable bonds is 5. The molecule has 21 heavy (non-hydrogen) atoms. The zero-order valence-electron chi connectivity index (χ0n) is 12.0. The molecule has 0 aromatic heterocycles. The SMILES string of the molecule is CCC[C@@]1(C)NC(=O)N(Cc2cccc([N+](=O)[O-])c2)C1=O. The second-order valence-corrected chi connectivity index (χ2v) is 5.33. The number of benzene rings is 1. The lowest BCUT2D eigenvalue weighted by Crippen LogP contribution is -2.43. The first kappa shape index (κ1) is 15.0. The summed E-state index contributed by atoms with van der Waals surface area (Å²) in [5.74, 6) is -0.291. The van der Waals surface area contributed by atoms with Crippen LogP contribution in [-0.4, -0.2) is 27.3 Å². The van der Waals surface area contributed by atoms with Crippen molar-refractivity contribution in [3.63, 3.8) is 0 Å². The monoisotopic (exact) mass is 291 g/mol. The van der Waals surface area contributed by atoms with Crippen LogP contribution in [0.4, 0.5) is 10.5 Å². The van der Waals surface area contributed by atoms with E-state index < -0.39 is 16.5 Å². The lowest BCUT2D eigenvalue weighted by Gasteiger charge is -2.20. The molecule has 1 saturated heterocycles. The molecule has 0 bridgehead atoms. The van der Waals surface area contributed by atoms with Crippen molar-refractivity contribution in [2.24, 2.45) is 0 Å². The molecule has 7 heteroatoms. The maximum atomic E-state index is 12.4. The first-order valence-corrected chi connectivity index (χ1v) is 6.75. The number of amides is 3. The predicted octanol–water partition coefficient (Wildman–Crippen LogP) is 2.21. The largest absolute Gasteiger partial charge is 0.325 e. The molecule has 0 aliphatic carbocycles. The molecule has 0 spiro atoms. The first-order valence-electron chi connectivity index (χ1n) is 6.75. The van der Waals surface area contributed by atoms with Gasteiger partial charge in [-0.25, -0.2) is 4.79 Å². The molecule has 3 amide bonds. The van der Waals surface area contributed by atoms with Crippen LogP contribution in [0.1, 0.15) is 32.3 Å². The Hall–Kier alpha value is -2.44. The van der Waals surface area contributed by atoms with Crippen molar-refractivity contribution >= 4 is 17.6 Å². The van der Waals surface area contributed by atoms with E-state index in [0.717, 1.165) is 11.3 Å². The van der Waals surface area contributed by atoms with Gasteiger partial charge in [-0.15, -0.1) is 0 Å². The van der Waals surface area contributed by atoms with Gasteiger partial charge in [0.1, 0.15) is 5.54 Å². The molecule has 0 saturated carbocycles. The van der Waals surface area contributed by atoms with Crippen LogP contribution in [0.5, 0.6) is 0 Å². The third kappa shape index (κ3) is 2.86. The summed E-state index contributed by atoms with van der Waals surface area (Å²) in [6, 6.07) is 5.48. The van der Waals surface area contributed by atoms with E-state index in [1.807, 2.05) is 6.92 Å². The topological polar surface area (TPSA) is 92.6 Å². The van der Waals surface area contributed by atoms with E-state index in [0.29, 0.717) is 12.0 Å². The van der Waals surface area contributed by atoms with Crippen LogP contribution >= 0.6 is 0 Å². The number of non-ortho nitro benzene ring substituents is 1. The first-order chi connectivity index (χ1) is 9.87. The number of carbonyl (C=O) groups is 2. The summed E-state index contributed by atoms with van der Waals surface area (Å²) in [5, 5.41) is 13.4. The number of nitro groups is 1. The van der Waals surface area contributed by atoms with Crippen molar-refractivity contribution in [2.45, 2.75) is 38.8 Å². The highest BCUT2D eigenvalue weighted by atomic mass is 16.6. The number of carbonyl (C=O) groups excluding carboxylic acids is 2. The molecule has 1 atom stereocenters. The Balaban J connectivity index is 2.20. The van der Waals surface area contributed by atoms with Gasteiger partial charge in [0.2, 0.25) is 0 Å². The number of nitrogens with one attached hydrogen (secondary N) is 1. The molecule has 0 unspecified atom stereocenters. The molecule has 1 heterocycles. The molecule has 1 aliphatic rings. The van der Waals surface area contributed by atoms with Gasteiger partial charge in [0.05, 0.1) is 11.5 Å². The van der Waals surface area contributed by atoms with Gasteiger partial charge in [-0.05, 0) is 18.9 Å². The fourth-order valence-corrected chi connectivity index (χ4v) is 2.51. The molecule has 1 fully saturated rings. The number of hydrogen-bond acceptors (Lipinski definition) is 4. The second kappa shape index (κ2) is 5.51. The van der Waals surface area contributed by atoms with E-state index in [-0.39, 0.29) is 18.1 Å². The van der Waals surface area contributed by atoms with Crippen molar-refractivity contribution in [1.82, 2.24) is 10.2 Å². The van der Waals surface area contributed by atoms with Gasteiger partial charge < -0.3 is 5.32 Å². The average molecular weight is 291 g/mol. The highest BCUT2D eigenvalue weighted by Crippen LogP contribution is 2.25. The van der Waals surface area contributed by atoms with Crippen molar-refractivity contribution in [1.29, 1.82) is 0 Å². The van der Waals surface area contributed by atoms with Crippen molar-refractivity contribution in [3.05, 3.63) is 39.9 Å². The minimum Gasteiger partial charge on any atom is -0.323 e. The van der Waals surface area contributed by atoms with E-state index in [2.05, 4.69) is 5.32 Å². The molecule has 0 radical (unpaired) electrons. The minimum atomic E-state index is -0.882. The van der Waals surface area contributed by atoms with Crippen molar-refractivity contribution < 1.29 is 14.5 Å². The van der Waals surface area contributed by atoms with Crippen LogP contribution in [0.3, 0.4) is 0 Å². The molecule has 7 nitrogen and oxygen atoms in total. The maximum Gasteiger partial charge on any atom is 0.325 e. The summed E-state index contributed by atoms with van der Waals surface area (Å²) in [6.45, 7) is 3.67. The molecule has 112 valence electrons. The van der Waals surface area contributed by atoms with Crippen LogP contribution < -0.4 is 5.32 Å². The lowest BCUT2D eigenvalue weighted by molar-refractivity contribution is -0.384. The van der Waals surface area contributed by atoms with Gasteiger partial charge in [-0.3, -0.25) is 19.8 Å². The van der Waals surface area contributed by atoms with Gasteiger partial charge in [0.25, 0.3) is 11.6 Å². The van der Waals surface area contributed by atoms with Crippen LogP contribution in [0.2, 0.25) is 0 Å². The summed E-state index contributed by atoms with van der Waals surface area (Å²) < 4.78 is 0. The fraction of sp³-hybridized carbons (Fsp3) is 0.429. The highest BCUT2D eigenvalue weighted by Gasteiger charge is 2.46. The Morgan fingerprint density at radius 1 is 1.38 bits per heavy atom. The Morgan fingerprint density at radius 3 is 2.71 bits per heavy atom. The summed E-state index contributed by atoms with van der Waals surface area (Å²) in [6.07, 6.45) is 1.33. The minimum absolute atomic E-state index is 0.0334. The number of nitrogens with zero attached hydrogens (tertiary/aromatic N) is 2. The second-order valence-electron chi connectivity index (χ2n) is 5.33. The molecule has 1 N–H and O–H groups in total. The predicted molar refractivity (Wildman–Crippen MR) is 75.5 cm³/mol. The van der Waals surface area contributed by atoms with E-state index in [4.69, 9.17) is 0 Å². The van der Waals surface area contributed by atoms with Crippen molar-refractivity contribution in [2.75, 3.05) is 0 Å². The van der Waals surface area contributed by atoms with Gasteiger partial charge in [-0.1, -0.05) is 25.5 Å². The van der Waals surface area contributed by atoms with E-state index >= 15 is 0 Å². The quantitative estimate of drug-likeness (QED) is 0.511. The Kier molecular flexibility index (Phi) is 3.93. The molecule has 1 aliphatic heterocycles. The maximum absolute atomic E-state index is 12.4. The standard InChI is InChI=1S/C14H17N3O4/c1-3-7-14(2)12(18)16(13(19)15-14)9-10-5-4-6-11(8-10)17(20)21/h4-6,8H,3,7,9H2,1-2H3,(H,15,19)/t14-/m1/s1. The summed E-state index contributed by atoms with van der Waals surface area (Å²) in [5.41, 5.74) is -0.392. The fourth-order valence-electron chi connectivity index (χ4n) is 2.51. The van der Waals surface area contributed by atoms with Gasteiger partial charge in [0.15, 0.2) is 0 Å². The zero-order valence-corrected chi connectivity index (χ0v) is 12.0. The molecule has 1 aromatic rings. The van der Waals surface area contributed by atoms with Crippen LogP contribution in [-0.2, 0) is 11.3 Å². The normalized spacial score (nSPS) is 21.5. The number of nitro benzene ring substituents is 1. The molecular formula is C14H17N3O4. The Bertz CT molecular complexity index is 602. The van der Waals surface area contributed by atoms with E-state index in [1.165, 1.54) is 18.2 Å². The Labute approximate surface area is 122 Å². The third-order valence-electron chi connectivity index (χ3n) is 3.56. The zero-order chi connectivity index (χ0) is 15.6. The summed E-state index contributed by atoms with van der Waals surface area (Å²) >= 11 is 0. The van der Waals surface area contributed by atoms with Crippen LogP contribution in [0.25, 0.3) is 0 Å². The summed E-state index contributed by atoms with van der Waals surface area (Å²) in [7, 11) is 0. The third-order valence-corrected chi connectivity index (χ3v) is 3.56. The van der Waals surface area contributed by atoms with Gasteiger partial charge >= 0.3 is 6.03 Å². The van der Waals surface area contributed by atoms with Gasteiger partial charge in [0, 0.05) is 12.1 Å². The number of imide groups is 1. The molecule has 1 aromatic carbocycles. The lowest BCUT2D eigenvalue weighted by atomic mass is 9.96. The summed E-state index contributed by atoms with van der Waals surface area (Å²) in [4.78, 5) is 35.7. The smallest absolute Gasteiger partial charge is 0.323 e. The highest BCUT2D eigenvalue weighted by molar-refractivity contribution is 6.06. The molecular weight excluding hydrogens is 274 g/mol. The van der Waals surface area contributed by atoms with Crippen LogP contribution in [0.15, 0.2) is 24.3 Å². The molecule has 2 rings (SSSR count). The van der Waals surface area contributed by atoms with Gasteiger partial charge in [-0.2, -0.15) is 0 Å². The Morgan fingerprint density at radius 2 is 2.10 bits per heavy atom. The number of hydrogen-bond donors (Lipinski definition) is 1. The van der Waals surface area contributed by atoms with Crippen molar-refractivity contribution in [3.8, 4) is 0 Å². The number of urea groups is 1.